The first kappa shape index (κ1) is 15.4. The fourth-order valence-corrected chi connectivity index (χ4v) is 2.50. The number of hydrogen-bond donors (Lipinski definition) is 0. The Morgan fingerprint density at radius 3 is 2.67 bits per heavy atom. The number of ketones is 1. The van der Waals surface area contributed by atoms with Gasteiger partial charge in [0.15, 0.2) is 5.78 Å². The average Bonchev–Trinajstić information content (AvgIpc) is 2.54. The topological polar surface area (TPSA) is 26.3 Å². The van der Waals surface area contributed by atoms with Crippen LogP contribution in [0.4, 0.5) is 0 Å². The molecule has 0 amide bonds. The first-order valence-corrected chi connectivity index (χ1v) is 7.24. The Hall–Kier alpha value is -0.630. The normalized spacial score (nSPS) is 25.5. The summed E-state index contributed by atoms with van der Waals surface area (Å²) < 4.78 is 5.81. The number of carbonyl (C=O) groups excluding carboxylic acids is 1. The van der Waals surface area contributed by atoms with Crippen molar-refractivity contribution < 1.29 is 9.53 Å². The summed E-state index contributed by atoms with van der Waals surface area (Å²) in [5.74, 6) is 1.02. The summed E-state index contributed by atoms with van der Waals surface area (Å²) in [6.45, 7) is 10.4. The summed E-state index contributed by atoms with van der Waals surface area (Å²) in [7, 11) is 0. The zero-order chi connectivity index (χ0) is 13.8. The minimum Gasteiger partial charge on any atom is -0.360 e. The van der Waals surface area contributed by atoms with E-state index in [-0.39, 0.29) is 11.9 Å². The smallest absolute Gasteiger partial charge is 0.167 e. The summed E-state index contributed by atoms with van der Waals surface area (Å²) in [6.07, 6.45) is 7.70. The number of rotatable bonds is 6. The Bertz CT molecular complexity index is 315. The minimum absolute atomic E-state index is 0.00832. The Morgan fingerprint density at radius 1 is 1.50 bits per heavy atom. The van der Waals surface area contributed by atoms with Gasteiger partial charge in [0.1, 0.15) is 5.60 Å². The number of hydrogen-bond acceptors (Lipinski definition) is 2. The molecule has 0 aliphatic carbocycles. The highest BCUT2D eigenvalue weighted by Gasteiger charge is 2.40. The molecule has 0 bridgehead atoms. The quantitative estimate of drug-likeness (QED) is 0.659. The highest BCUT2D eigenvalue weighted by molar-refractivity contribution is 5.89. The molecular weight excluding hydrogens is 224 g/mol. The van der Waals surface area contributed by atoms with E-state index in [1.165, 1.54) is 24.8 Å². The lowest BCUT2D eigenvalue weighted by Crippen LogP contribution is -2.27. The molecular formula is C16H28O2. The molecule has 1 heterocycles. The summed E-state index contributed by atoms with van der Waals surface area (Å²) in [5, 5.41) is 0. The molecule has 2 heteroatoms. The maximum Gasteiger partial charge on any atom is 0.167 e. The van der Waals surface area contributed by atoms with E-state index in [1.807, 2.05) is 13.8 Å². The SMILES string of the molecule is CCCC(C)CC/C=C(\C)C1CC(=O)C(C)(C)O1. The van der Waals surface area contributed by atoms with E-state index in [9.17, 15) is 4.79 Å². The monoisotopic (exact) mass is 252 g/mol. The van der Waals surface area contributed by atoms with Crippen LogP contribution in [0.1, 0.15) is 66.7 Å². The number of ether oxygens (including phenoxy) is 1. The van der Waals surface area contributed by atoms with Crippen LogP contribution in [0, 0.1) is 5.92 Å². The molecule has 18 heavy (non-hydrogen) atoms. The van der Waals surface area contributed by atoms with E-state index in [0.29, 0.717) is 6.42 Å². The largest absolute Gasteiger partial charge is 0.360 e. The van der Waals surface area contributed by atoms with E-state index < -0.39 is 5.60 Å². The molecule has 2 unspecified atom stereocenters. The third kappa shape index (κ3) is 4.24. The lowest BCUT2D eigenvalue weighted by Gasteiger charge is -2.18. The van der Waals surface area contributed by atoms with Gasteiger partial charge in [0.2, 0.25) is 0 Å². The van der Waals surface area contributed by atoms with Crippen LogP contribution in [0.25, 0.3) is 0 Å². The van der Waals surface area contributed by atoms with Crippen molar-refractivity contribution >= 4 is 5.78 Å². The number of allylic oxidation sites excluding steroid dienone is 1. The van der Waals surface area contributed by atoms with Gasteiger partial charge in [0.05, 0.1) is 6.10 Å². The maximum atomic E-state index is 11.7. The van der Waals surface area contributed by atoms with Crippen LogP contribution in [0.3, 0.4) is 0 Å². The molecule has 1 rings (SSSR count). The van der Waals surface area contributed by atoms with E-state index in [2.05, 4.69) is 26.8 Å². The van der Waals surface area contributed by atoms with Gasteiger partial charge in [-0.3, -0.25) is 4.79 Å². The molecule has 0 aromatic rings. The van der Waals surface area contributed by atoms with Gasteiger partial charge in [0, 0.05) is 6.42 Å². The number of carbonyl (C=O) groups is 1. The van der Waals surface area contributed by atoms with E-state index in [4.69, 9.17) is 4.74 Å². The second-order valence-electron chi connectivity index (χ2n) is 6.16. The zero-order valence-electron chi connectivity index (χ0n) is 12.6. The lowest BCUT2D eigenvalue weighted by molar-refractivity contribution is -0.129. The summed E-state index contributed by atoms with van der Waals surface area (Å²) >= 11 is 0. The van der Waals surface area contributed by atoms with Crippen molar-refractivity contribution in [2.75, 3.05) is 0 Å². The molecule has 1 saturated heterocycles. The molecule has 1 fully saturated rings. The average molecular weight is 252 g/mol. The van der Waals surface area contributed by atoms with Crippen molar-refractivity contribution in [1.29, 1.82) is 0 Å². The molecule has 0 radical (unpaired) electrons. The van der Waals surface area contributed by atoms with Crippen molar-refractivity contribution in [2.45, 2.75) is 78.4 Å². The van der Waals surface area contributed by atoms with Crippen LogP contribution < -0.4 is 0 Å². The van der Waals surface area contributed by atoms with Crippen LogP contribution in [0.5, 0.6) is 0 Å². The summed E-state index contributed by atoms with van der Waals surface area (Å²) in [4.78, 5) is 11.7. The Balaban J connectivity index is 2.41. The predicted octanol–water partition coefficient (Wildman–Crippen LogP) is 4.29. The van der Waals surface area contributed by atoms with E-state index in [1.54, 1.807) is 0 Å². The number of Topliss-reactive ketones (excluding diaryl/α,β-unsaturated/α-hetero) is 1. The van der Waals surface area contributed by atoms with Gasteiger partial charge in [-0.25, -0.2) is 0 Å². The van der Waals surface area contributed by atoms with Crippen molar-refractivity contribution in [2.24, 2.45) is 5.92 Å². The maximum absolute atomic E-state index is 11.7. The molecule has 1 aliphatic rings. The van der Waals surface area contributed by atoms with Gasteiger partial charge < -0.3 is 4.74 Å². The van der Waals surface area contributed by atoms with Gasteiger partial charge in [-0.05, 0) is 45.1 Å². The Labute approximate surface area is 112 Å². The first-order chi connectivity index (χ1) is 8.36. The molecule has 0 aromatic heterocycles. The van der Waals surface area contributed by atoms with Gasteiger partial charge in [-0.2, -0.15) is 0 Å². The molecule has 2 atom stereocenters. The third-order valence-corrected chi connectivity index (χ3v) is 3.89. The van der Waals surface area contributed by atoms with Crippen molar-refractivity contribution in [3.63, 3.8) is 0 Å². The van der Waals surface area contributed by atoms with Gasteiger partial charge >= 0.3 is 0 Å². The predicted molar refractivity (Wildman–Crippen MR) is 75.6 cm³/mol. The van der Waals surface area contributed by atoms with Crippen LogP contribution in [-0.4, -0.2) is 17.5 Å². The van der Waals surface area contributed by atoms with Crippen LogP contribution >= 0.6 is 0 Å². The highest BCUT2D eigenvalue weighted by Crippen LogP contribution is 2.30. The third-order valence-electron chi connectivity index (χ3n) is 3.89. The van der Waals surface area contributed by atoms with E-state index in [0.717, 1.165) is 12.3 Å². The van der Waals surface area contributed by atoms with Crippen LogP contribution in [-0.2, 0) is 9.53 Å². The van der Waals surface area contributed by atoms with Gasteiger partial charge in [0.25, 0.3) is 0 Å². The second kappa shape index (κ2) is 6.51. The van der Waals surface area contributed by atoms with Crippen molar-refractivity contribution in [3.8, 4) is 0 Å². The van der Waals surface area contributed by atoms with Gasteiger partial charge in [-0.1, -0.05) is 32.8 Å². The fraction of sp³-hybridized carbons (Fsp3) is 0.812. The Morgan fingerprint density at radius 2 is 2.17 bits per heavy atom. The fourth-order valence-electron chi connectivity index (χ4n) is 2.50. The second-order valence-corrected chi connectivity index (χ2v) is 6.16. The zero-order valence-corrected chi connectivity index (χ0v) is 12.6. The first-order valence-electron chi connectivity index (χ1n) is 7.24. The molecule has 1 aliphatic heterocycles. The summed E-state index contributed by atoms with van der Waals surface area (Å²) in [5.41, 5.74) is 0.632. The standard InChI is InChI=1S/C16H28O2/c1-6-8-12(2)9-7-10-13(3)14-11-15(17)16(4,5)18-14/h10,12,14H,6-9,11H2,1-5H3/b13-10+. The molecule has 0 aromatic carbocycles. The molecule has 0 saturated carbocycles. The molecule has 104 valence electrons. The molecule has 0 spiro atoms. The van der Waals surface area contributed by atoms with Crippen LogP contribution in [0.15, 0.2) is 11.6 Å². The minimum atomic E-state index is -0.588. The van der Waals surface area contributed by atoms with E-state index >= 15 is 0 Å². The van der Waals surface area contributed by atoms with Crippen molar-refractivity contribution in [1.82, 2.24) is 0 Å². The summed E-state index contributed by atoms with van der Waals surface area (Å²) in [6, 6.07) is 0. The van der Waals surface area contributed by atoms with Crippen LogP contribution in [0.2, 0.25) is 0 Å². The molecule has 0 N–H and O–H groups in total. The highest BCUT2D eigenvalue weighted by atomic mass is 16.5. The molecule has 2 nitrogen and oxygen atoms in total. The van der Waals surface area contributed by atoms with Gasteiger partial charge in [-0.15, -0.1) is 0 Å². The lowest BCUT2D eigenvalue weighted by atomic mass is 9.98. The Kier molecular flexibility index (Phi) is 5.58. The van der Waals surface area contributed by atoms with Crippen molar-refractivity contribution in [3.05, 3.63) is 11.6 Å².